The quantitative estimate of drug-likeness (QED) is 0.867. The molecule has 0 aliphatic rings. The number of aryl methyl sites for hydroxylation is 1. The number of nitrogens with zero attached hydrogens (tertiary/aromatic N) is 2. The normalized spacial score (nSPS) is 10.2. The number of ether oxygens (including phenoxy) is 1. The minimum Gasteiger partial charge on any atom is -0.497 e. The highest BCUT2D eigenvalue weighted by atomic mass is 79.9. The third-order valence-electron chi connectivity index (χ3n) is 2.43. The van der Waals surface area contributed by atoms with Crippen molar-refractivity contribution in [3.8, 4) is 5.75 Å². The molecule has 18 heavy (non-hydrogen) atoms. The van der Waals surface area contributed by atoms with Crippen molar-refractivity contribution in [1.29, 1.82) is 0 Å². The Kier molecular flexibility index (Phi) is 4.04. The molecular formula is C12H11BrClN3O. The fourth-order valence-electron chi connectivity index (χ4n) is 1.47. The van der Waals surface area contributed by atoms with E-state index in [2.05, 4.69) is 31.2 Å². The van der Waals surface area contributed by atoms with Crippen LogP contribution < -0.4 is 10.1 Å². The van der Waals surface area contributed by atoms with Crippen molar-refractivity contribution in [2.45, 2.75) is 6.92 Å². The van der Waals surface area contributed by atoms with Crippen LogP contribution in [0.3, 0.4) is 0 Å². The lowest BCUT2D eigenvalue weighted by molar-refractivity contribution is 0.414. The van der Waals surface area contributed by atoms with E-state index in [-0.39, 0.29) is 0 Å². The van der Waals surface area contributed by atoms with Crippen molar-refractivity contribution >= 4 is 39.0 Å². The summed E-state index contributed by atoms with van der Waals surface area (Å²) in [7, 11) is 1.64. The van der Waals surface area contributed by atoms with Gasteiger partial charge in [0.05, 0.1) is 11.6 Å². The molecule has 1 N–H and O–H groups in total. The standard InChI is InChI=1S/C12H11BrClN3O/c1-7-5-8(18-2)3-4-9(7)17-12-10(13)11(14)15-6-16-12/h3-6H,1-2H3,(H,15,16,17). The van der Waals surface area contributed by atoms with Gasteiger partial charge in [-0.15, -0.1) is 0 Å². The van der Waals surface area contributed by atoms with E-state index in [0.717, 1.165) is 17.0 Å². The van der Waals surface area contributed by atoms with Crippen molar-refractivity contribution in [3.63, 3.8) is 0 Å². The molecule has 0 bridgehead atoms. The van der Waals surface area contributed by atoms with Crippen LogP contribution in [0.5, 0.6) is 5.75 Å². The highest BCUT2D eigenvalue weighted by Crippen LogP contribution is 2.30. The largest absolute Gasteiger partial charge is 0.497 e. The zero-order chi connectivity index (χ0) is 13.1. The molecule has 4 nitrogen and oxygen atoms in total. The monoisotopic (exact) mass is 327 g/mol. The Bertz CT molecular complexity index is 577. The van der Waals surface area contributed by atoms with Crippen LogP contribution in [-0.4, -0.2) is 17.1 Å². The first-order chi connectivity index (χ1) is 8.61. The van der Waals surface area contributed by atoms with Gasteiger partial charge in [-0.1, -0.05) is 11.6 Å². The predicted octanol–water partition coefficient (Wildman–Crippen LogP) is 3.95. The van der Waals surface area contributed by atoms with Gasteiger partial charge in [0.2, 0.25) is 0 Å². The van der Waals surface area contributed by atoms with Crippen LogP contribution in [0.4, 0.5) is 11.5 Å². The Morgan fingerprint density at radius 2 is 2.11 bits per heavy atom. The van der Waals surface area contributed by atoms with E-state index in [1.54, 1.807) is 7.11 Å². The molecule has 0 atom stereocenters. The first-order valence-electron chi connectivity index (χ1n) is 5.19. The number of methoxy groups -OCH3 is 1. The Labute approximate surface area is 118 Å². The van der Waals surface area contributed by atoms with Crippen molar-refractivity contribution in [2.75, 3.05) is 12.4 Å². The van der Waals surface area contributed by atoms with Crippen LogP contribution >= 0.6 is 27.5 Å². The second kappa shape index (κ2) is 5.54. The topological polar surface area (TPSA) is 47.0 Å². The van der Waals surface area contributed by atoms with Gasteiger partial charge in [-0.3, -0.25) is 0 Å². The summed E-state index contributed by atoms with van der Waals surface area (Å²) in [4.78, 5) is 8.01. The third kappa shape index (κ3) is 2.73. The van der Waals surface area contributed by atoms with Gasteiger partial charge in [0.15, 0.2) is 0 Å². The van der Waals surface area contributed by atoms with Crippen molar-refractivity contribution < 1.29 is 4.74 Å². The highest BCUT2D eigenvalue weighted by Gasteiger charge is 2.08. The lowest BCUT2D eigenvalue weighted by Crippen LogP contribution is -1.98. The van der Waals surface area contributed by atoms with Gasteiger partial charge in [-0.25, -0.2) is 9.97 Å². The molecule has 0 radical (unpaired) electrons. The fraction of sp³-hybridized carbons (Fsp3) is 0.167. The SMILES string of the molecule is COc1ccc(Nc2ncnc(Cl)c2Br)c(C)c1. The number of hydrogen-bond donors (Lipinski definition) is 1. The summed E-state index contributed by atoms with van der Waals surface area (Å²) in [6, 6.07) is 5.75. The summed E-state index contributed by atoms with van der Waals surface area (Å²) in [5.74, 6) is 1.45. The number of benzene rings is 1. The molecule has 0 fully saturated rings. The summed E-state index contributed by atoms with van der Waals surface area (Å²) in [6.07, 6.45) is 1.41. The van der Waals surface area contributed by atoms with Crippen molar-refractivity contribution in [2.24, 2.45) is 0 Å². The molecule has 0 aliphatic heterocycles. The minimum atomic E-state index is 0.374. The fourth-order valence-corrected chi connectivity index (χ4v) is 1.90. The summed E-state index contributed by atoms with van der Waals surface area (Å²) in [5, 5.41) is 3.57. The zero-order valence-electron chi connectivity index (χ0n) is 9.87. The average Bonchev–Trinajstić information content (AvgIpc) is 2.37. The molecule has 0 saturated carbocycles. The first kappa shape index (κ1) is 13.1. The Balaban J connectivity index is 2.31. The van der Waals surface area contributed by atoms with E-state index in [9.17, 15) is 0 Å². The van der Waals surface area contributed by atoms with Gasteiger partial charge >= 0.3 is 0 Å². The number of hydrogen-bond acceptors (Lipinski definition) is 4. The summed E-state index contributed by atoms with van der Waals surface area (Å²) in [6.45, 7) is 1.99. The van der Waals surface area contributed by atoms with Gasteiger partial charge in [0.1, 0.15) is 23.0 Å². The Hall–Kier alpha value is -1.33. The molecule has 0 unspecified atom stereocenters. The first-order valence-corrected chi connectivity index (χ1v) is 6.36. The molecule has 1 heterocycles. The molecule has 0 saturated heterocycles. The smallest absolute Gasteiger partial charge is 0.149 e. The summed E-state index contributed by atoms with van der Waals surface area (Å²) in [5.41, 5.74) is 1.99. The van der Waals surface area contributed by atoms with Crippen molar-refractivity contribution in [3.05, 3.63) is 39.7 Å². The number of halogens is 2. The lowest BCUT2D eigenvalue weighted by Gasteiger charge is -2.11. The van der Waals surface area contributed by atoms with E-state index >= 15 is 0 Å². The van der Waals surface area contributed by atoms with Crippen LogP contribution in [-0.2, 0) is 0 Å². The van der Waals surface area contributed by atoms with Gasteiger partial charge in [-0.05, 0) is 46.6 Å². The molecule has 1 aromatic carbocycles. The molecule has 94 valence electrons. The van der Waals surface area contributed by atoms with E-state index in [1.165, 1.54) is 6.33 Å². The molecule has 6 heteroatoms. The number of nitrogens with one attached hydrogen (secondary N) is 1. The van der Waals surface area contributed by atoms with E-state index in [0.29, 0.717) is 15.4 Å². The second-order valence-corrected chi connectivity index (χ2v) is 4.78. The maximum absolute atomic E-state index is 5.91. The zero-order valence-corrected chi connectivity index (χ0v) is 12.2. The average molecular weight is 329 g/mol. The van der Waals surface area contributed by atoms with Gasteiger partial charge in [0.25, 0.3) is 0 Å². The number of rotatable bonds is 3. The van der Waals surface area contributed by atoms with Crippen LogP contribution in [0.1, 0.15) is 5.56 Å². The predicted molar refractivity (Wildman–Crippen MR) is 75.8 cm³/mol. The lowest BCUT2D eigenvalue weighted by atomic mass is 10.2. The molecule has 2 aromatic rings. The Morgan fingerprint density at radius 1 is 1.33 bits per heavy atom. The van der Waals surface area contributed by atoms with Crippen LogP contribution in [0.15, 0.2) is 29.0 Å². The third-order valence-corrected chi connectivity index (χ3v) is 3.70. The van der Waals surface area contributed by atoms with Crippen LogP contribution in [0, 0.1) is 6.92 Å². The molecule has 2 rings (SSSR count). The minimum absolute atomic E-state index is 0.374. The summed E-state index contributed by atoms with van der Waals surface area (Å²) >= 11 is 9.26. The van der Waals surface area contributed by atoms with Gasteiger partial charge in [-0.2, -0.15) is 0 Å². The highest BCUT2D eigenvalue weighted by molar-refractivity contribution is 9.10. The molecule has 0 spiro atoms. The van der Waals surface area contributed by atoms with E-state index in [1.807, 2.05) is 25.1 Å². The maximum Gasteiger partial charge on any atom is 0.149 e. The number of aromatic nitrogens is 2. The Morgan fingerprint density at radius 3 is 2.78 bits per heavy atom. The van der Waals surface area contributed by atoms with Gasteiger partial charge < -0.3 is 10.1 Å². The van der Waals surface area contributed by atoms with Crippen molar-refractivity contribution in [1.82, 2.24) is 9.97 Å². The number of anilines is 2. The van der Waals surface area contributed by atoms with E-state index < -0.39 is 0 Å². The van der Waals surface area contributed by atoms with E-state index in [4.69, 9.17) is 16.3 Å². The van der Waals surface area contributed by atoms with Crippen LogP contribution in [0.25, 0.3) is 0 Å². The van der Waals surface area contributed by atoms with Crippen LogP contribution in [0.2, 0.25) is 5.15 Å². The molecular weight excluding hydrogens is 318 g/mol. The molecule has 1 aromatic heterocycles. The summed E-state index contributed by atoms with van der Waals surface area (Å²) < 4.78 is 5.80. The van der Waals surface area contributed by atoms with Gasteiger partial charge in [0, 0.05) is 5.69 Å². The molecule has 0 amide bonds. The molecule has 0 aliphatic carbocycles. The maximum atomic E-state index is 5.91. The second-order valence-electron chi connectivity index (χ2n) is 3.63.